The number of hydrogen-bond acceptors (Lipinski definition) is 2. The largest absolute Gasteiger partial charge is 0.308 e. The number of rotatable bonds is 6. The Balaban J connectivity index is 1.02. The normalized spacial score (nSPS) is 13.7. The van der Waals surface area contributed by atoms with Crippen LogP contribution in [0.4, 0.5) is 17.1 Å². The minimum Gasteiger partial charge on any atom is -0.308 e. The van der Waals surface area contributed by atoms with Gasteiger partial charge in [-0.3, -0.25) is 0 Å². The number of aryl methyl sites for hydroxylation is 6. The van der Waals surface area contributed by atoms with Gasteiger partial charge in [0.1, 0.15) is 0 Å². The van der Waals surface area contributed by atoms with E-state index in [1.165, 1.54) is 110 Å². The summed E-state index contributed by atoms with van der Waals surface area (Å²) >= 11 is 1.85. The van der Waals surface area contributed by atoms with E-state index in [0.717, 1.165) is 0 Å². The van der Waals surface area contributed by atoms with Gasteiger partial charge in [0, 0.05) is 20.9 Å². The van der Waals surface area contributed by atoms with Crippen LogP contribution < -0.4 is 21.3 Å². The van der Waals surface area contributed by atoms with E-state index in [1.54, 1.807) is 0 Å². The van der Waals surface area contributed by atoms with Gasteiger partial charge in [-0.1, -0.05) is 185 Å². The van der Waals surface area contributed by atoms with Crippen LogP contribution >= 0.6 is 11.8 Å². The highest BCUT2D eigenvalue weighted by Crippen LogP contribution is 2.54. The zero-order valence-corrected chi connectivity index (χ0v) is 34.6. The van der Waals surface area contributed by atoms with Crippen LogP contribution in [0.15, 0.2) is 143 Å². The van der Waals surface area contributed by atoms with E-state index >= 15 is 0 Å². The van der Waals surface area contributed by atoms with E-state index in [9.17, 15) is 0 Å². The number of benzene rings is 7. The van der Waals surface area contributed by atoms with Crippen LogP contribution in [-0.2, 0) is 5.41 Å². The van der Waals surface area contributed by atoms with Crippen molar-refractivity contribution in [3.63, 3.8) is 0 Å². The predicted molar refractivity (Wildman–Crippen MR) is 244 cm³/mol. The average Bonchev–Trinajstić information content (AvgIpc) is 3.39. The molecule has 0 radical (unpaired) electrons. The highest BCUT2D eigenvalue weighted by atomic mass is 32.2. The van der Waals surface area contributed by atoms with Crippen molar-refractivity contribution in [3.05, 3.63) is 189 Å². The van der Waals surface area contributed by atoms with Crippen molar-refractivity contribution in [1.82, 2.24) is 0 Å². The molecule has 2 aliphatic rings. The van der Waals surface area contributed by atoms with Crippen molar-refractivity contribution < 1.29 is 0 Å². The summed E-state index contributed by atoms with van der Waals surface area (Å²) in [5.74, 6) is 0. The van der Waals surface area contributed by atoms with Crippen molar-refractivity contribution in [1.29, 1.82) is 0 Å². The number of anilines is 3. The lowest BCUT2D eigenvalue weighted by molar-refractivity contribution is 0.660. The van der Waals surface area contributed by atoms with E-state index in [1.807, 2.05) is 11.8 Å². The maximum absolute atomic E-state index is 2.44. The molecule has 0 saturated carbocycles. The molecule has 0 bridgehead atoms. The van der Waals surface area contributed by atoms with Crippen molar-refractivity contribution >= 4 is 64.1 Å². The Morgan fingerprint density at radius 1 is 0.500 bits per heavy atom. The maximum Gasteiger partial charge on any atom is 0.242 e. The summed E-state index contributed by atoms with van der Waals surface area (Å²) in [4.78, 5) is 5.01. The summed E-state index contributed by atoms with van der Waals surface area (Å²) in [6.45, 7) is 18.5. The monoisotopic (exact) mass is 741 g/mol. The molecule has 274 valence electrons. The first-order valence-electron chi connectivity index (χ1n) is 19.9. The van der Waals surface area contributed by atoms with Gasteiger partial charge in [-0.05, 0) is 111 Å². The summed E-state index contributed by atoms with van der Waals surface area (Å²) in [5.41, 5.74) is 23.6. The molecule has 0 atom stereocenters. The second kappa shape index (κ2) is 13.9. The molecule has 9 rings (SSSR count). The van der Waals surface area contributed by atoms with Gasteiger partial charge in [0.15, 0.2) is 0 Å². The lowest BCUT2D eigenvalue weighted by Crippen LogP contribution is -2.55. The number of para-hydroxylation sites is 2. The second-order valence-electron chi connectivity index (χ2n) is 16.6. The van der Waals surface area contributed by atoms with Gasteiger partial charge in [0.2, 0.25) is 6.71 Å². The first kappa shape index (κ1) is 36.2. The predicted octanol–water partition coefficient (Wildman–Crippen LogP) is 12.5. The van der Waals surface area contributed by atoms with Crippen LogP contribution in [-0.4, -0.2) is 6.71 Å². The number of nitrogens with zero attached hydrogens (tertiary/aromatic N) is 1. The smallest absolute Gasteiger partial charge is 0.242 e. The van der Waals surface area contributed by atoms with E-state index in [-0.39, 0.29) is 12.1 Å². The molecule has 1 nitrogen and oxygen atoms in total. The molecule has 0 saturated heterocycles. The Bertz CT molecular complexity index is 2570. The highest BCUT2D eigenvalue weighted by molar-refractivity contribution is 7.99. The summed E-state index contributed by atoms with van der Waals surface area (Å²) in [6, 6.07) is 50.3. The molecule has 7 aromatic carbocycles. The average molecular weight is 742 g/mol. The molecule has 1 heterocycles. The Morgan fingerprint density at radius 2 is 0.964 bits per heavy atom. The standard InChI is InChI=1S/C53H48BNS/c1-33-27-35(3)51(36(4)28-33)54(52-37(5)29-34(2)30-38(52)6)41-22-19-39(20-23-41)17-18-40-21-25-43-44-26-24-42(32-46(44)53(7,8)45(43)31-40)55-47-13-9-11-15-49(47)56-50-16-12-10-14-48(50)55/h9-32H,1-8H3/b18-17+. The second-order valence-corrected chi connectivity index (χ2v) is 17.7. The molecule has 0 aromatic heterocycles. The Labute approximate surface area is 338 Å². The lowest BCUT2D eigenvalue weighted by atomic mass is 9.34. The van der Waals surface area contributed by atoms with E-state index in [0.29, 0.717) is 0 Å². The van der Waals surface area contributed by atoms with Gasteiger partial charge in [0.25, 0.3) is 0 Å². The maximum atomic E-state index is 2.44. The highest BCUT2D eigenvalue weighted by Gasteiger charge is 2.37. The molecule has 1 aliphatic carbocycles. The number of fused-ring (bicyclic) bond motifs is 5. The molecule has 7 aromatic rings. The van der Waals surface area contributed by atoms with Crippen molar-refractivity contribution in [2.75, 3.05) is 4.90 Å². The molecule has 0 N–H and O–H groups in total. The molecule has 0 fully saturated rings. The zero-order valence-electron chi connectivity index (χ0n) is 33.8. The van der Waals surface area contributed by atoms with Crippen LogP contribution in [0.3, 0.4) is 0 Å². The van der Waals surface area contributed by atoms with Crippen molar-refractivity contribution in [3.8, 4) is 11.1 Å². The third-order valence-corrected chi connectivity index (χ3v) is 13.3. The Morgan fingerprint density at radius 3 is 1.52 bits per heavy atom. The lowest BCUT2D eigenvalue weighted by Gasteiger charge is -2.33. The first-order chi connectivity index (χ1) is 27.0. The van der Waals surface area contributed by atoms with Gasteiger partial charge in [-0.25, -0.2) is 0 Å². The fraction of sp³-hybridized carbons (Fsp3) is 0.170. The minimum atomic E-state index is -0.136. The third kappa shape index (κ3) is 6.14. The minimum absolute atomic E-state index is 0.136. The fourth-order valence-electron chi connectivity index (χ4n) is 9.73. The third-order valence-electron chi connectivity index (χ3n) is 12.2. The molecule has 0 spiro atoms. The van der Waals surface area contributed by atoms with Gasteiger partial charge >= 0.3 is 0 Å². The van der Waals surface area contributed by atoms with Crippen LogP contribution in [0.5, 0.6) is 0 Å². The zero-order chi connectivity index (χ0) is 38.9. The fourth-order valence-corrected chi connectivity index (χ4v) is 10.8. The summed E-state index contributed by atoms with van der Waals surface area (Å²) in [5, 5.41) is 0. The quantitative estimate of drug-likeness (QED) is 0.123. The molecule has 0 amide bonds. The Kier molecular flexibility index (Phi) is 8.98. The molecular formula is C53H48BNS. The molecule has 1 aliphatic heterocycles. The molecule has 3 heteroatoms. The van der Waals surface area contributed by atoms with Gasteiger partial charge in [-0.2, -0.15) is 0 Å². The topological polar surface area (TPSA) is 3.24 Å². The summed E-state index contributed by atoms with van der Waals surface area (Å²) in [6.07, 6.45) is 4.54. The summed E-state index contributed by atoms with van der Waals surface area (Å²) < 4.78 is 0. The van der Waals surface area contributed by atoms with Crippen molar-refractivity contribution in [2.24, 2.45) is 0 Å². The molecule has 0 unspecified atom stereocenters. The first-order valence-corrected chi connectivity index (χ1v) is 20.7. The SMILES string of the molecule is Cc1cc(C)c(B(c2ccc(/C=C/c3ccc4c(c3)C(C)(C)c3cc(N5c6ccccc6Sc6ccccc65)ccc3-4)cc2)c2c(C)cc(C)cc2C)c(C)c1. The van der Waals surface area contributed by atoms with Gasteiger partial charge in [0.05, 0.1) is 11.4 Å². The van der Waals surface area contributed by atoms with Crippen LogP contribution in [0.1, 0.15) is 69.5 Å². The Hall–Kier alpha value is -5.51. The van der Waals surface area contributed by atoms with Crippen LogP contribution in [0, 0.1) is 41.5 Å². The van der Waals surface area contributed by atoms with Gasteiger partial charge in [-0.15, -0.1) is 0 Å². The van der Waals surface area contributed by atoms with Crippen LogP contribution in [0.25, 0.3) is 23.3 Å². The van der Waals surface area contributed by atoms with Crippen molar-refractivity contribution in [2.45, 2.75) is 70.6 Å². The van der Waals surface area contributed by atoms with E-state index in [2.05, 4.69) is 206 Å². The van der Waals surface area contributed by atoms with E-state index < -0.39 is 0 Å². The van der Waals surface area contributed by atoms with Gasteiger partial charge < -0.3 is 4.90 Å². The van der Waals surface area contributed by atoms with E-state index in [4.69, 9.17) is 0 Å². The summed E-state index contributed by atoms with van der Waals surface area (Å²) in [7, 11) is 0. The van der Waals surface area contributed by atoms with Crippen LogP contribution in [0.2, 0.25) is 0 Å². The number of hydrogen-bond donors (Lipinski definition) is 0. The molecule has 56 heavy (non-hydrogen) atoms. The molecular weight excluding hydrogens is 693 g/mol.